The highest BCUT2D eigenvalue weighted by atomic mass is 15.1. The van der Waals surface area contributed by atoms with Gasteiger partial charge in [0.15, 0.2) is 0 Å². The van der Waals surface area contributed by atoms with E-state index in [1.54, 1.807) is 68.6 Å². The number of aromatic nitrogens is 20. The van der Waals surface area contributed by atoms with E-state index in [9.17, 15) is 0 Å². The van der Waals surface area contributed by atoms with Crippen molar-refractivity contribution in [3.8, 4) is 0 Å². The van der Waals surface area contributed by atoms with Crippen molar-refractivity contribution in [1.29, 1.82) is 0 Å². The maximum atomic E-state index is 4.35. The summed E-state index contributed by atoms with van der Waals surface area (Å²) < 4.78 is 0. The molecule has 10 aliphatic heterocycles. The molecule has 130 heavy (non-hydrogen) atoms. The fourth-order valence-electron chi connectivity index (χ4n) is 18.5. The van der Waals surface area contributed by atoms with Gasteiger partial charge in [-0.25, -0.2) is 29.9 Å². The van der Waals surface area contributed by atoms with E-state index in [-0.39, 0.29) is 0 Å². The molecular formula is C100H90N30. The van der Waals surface area contributed by atoms with Crippen molar-refractivity contribution in [3.63, 3.8) is 0 Å². The van der Waals surface area contributed by atoms with Gasteiger partial charge in [0.25, 0.3) is 0 Å². The van der Waals surface area contributed by atoms with Crippen molar-refractivity contribution in [2.24, 2.45) is 0 Å². The number of fused-ring (bicyclic) bond motifs is 30. The lowest BCUT2D eigenvalue weighted by molar-refractivity contribution is 1.04. The van der Waals surface area contributed by atoms with Crippen LogP contribution in [0.5, 0.6) is 0 Å². The quantitative estimate of drug-likeness (QED) is 0.0674. The molecule has 10 aromatic carbocycles. The Morgan fingerprint density at radius 1 is 0.185 bits per heavy atom. The van der Waals surface area contributed by atoms with Gasteiger partial charge < -0.3 is 53.2 Å². The summed E-state index contributed by atoms with van der Waals surface area (Å²) in [7, 11) is 0. The van der Waals surface area contributed by atoms with Gasteiger partial charge >= 0.3 is 0 Å². The van der Waals surface area contributed by atoms with Crippen LogP contribution < -0.4 is 53.2 Å². The summed E-state index contributed by atoms with van der Waals surface area (Å²) in [5.74, 6) is 0. The van der Waals surface area contributed by atoms with Crippen molar-refractivity contribution >= 4 is 166 Å². The molecule has 30 nitrogen and oxygen atoms in total. The molecule has 0 fully saturated rings. The van der Waals surface area contributed by atoms with Gasteiger partial charge in [-0.3, -0.25) is 19.9 Å². The van der Waals surface area contributed by atoms with E-state index < -0.39 is 0 Å². The molecule has 30 heteroatoms. The lowest BCUT2D eigenvalue weighted by Crippen LogP contribution is -1.93. The van der Waals surface area contributed by atoms with Gasteiger partial charge in [0.2, 0.25) is 0 Å². The molecule has 20 aromatic rings. The fraction of sp³-hybridized carbons (Fsp3) is 0.200. The first-order valence-electron chi connectivity index (χ1n) is 44.1. The molecule has 10 aromatic heterocycles. The number of benzene rings is 10. The average Bonchev–Trinajstić information content (AvgIpc) is 1.57. The van der Waals surface area contributed by atoms with Crippen molar-refractivity contribution in [2.45, 2.75) is 64.2 Å². The molecule has 0 saturated heterocycles. The van der Waals surface area contributed by atoms with Crippen LogP contribution in [0.25, 0.3) is 109 Å². The highest BCUT2D eigenvalue weighted by molar-refractivity contribution is 5.98. The van der Waals surface area contributed by atoms with Gasteiger partial charge in [0, 0.05) is 231 Å². The van der Waals surface area contributed by atoms with Crippen molar-refractivity contribution in [1.82, 2.24) is 101 Å². The van der Waals surface area contributed by atoms with Crippen LogP contribution in [-0.2, 0) is 64.2 Å². The normalized spacial score (nSPS) is 14.2. The molecule has 0 amide bonds. The van der Waals surface area contributed by atoms with Gasteiger partial charge in [-0.05, 0) is 200 Å². The van der Waals surface area contributed by atoms with Gasteiger partial charge in [0.1, 0.15) is 24.5 Å². The Bertz CT molecular complexity index is 6130. The third-order valence-electron chi connectivity index (χ3n) is 24.8. The average molecular weight is 1710 g/mol. The maximum Gasteiger partial charge on any atom is 0.116 e. The van der Waals surface area contributed by atoms with E-state index in [1.807, 2.05) is 85.7 Å². The standard InChI is InChI=1S/10C10H9N3/c1-2-9-8(4-5-11-9)10-7(1)3-6-12-13-10;1-2-10-8(4-6-12-13-10)7-3-5-11-9(1)7;1-2-9-8(4-6-12-13-9)10-7(1)3-5-11-10;1-2-10-8(5-11-6-13-10)7-3-4-12-9(1)7;1-2-10-8(3-4-11-10)9-6-13-12-5-7(1)9;1-2-9-8(3-4-12-9)10-7(1)5-11-6-13-10;1-2-9-8(5-11-6-13-9)10-7(1)3-4-12-10;1-2-8-5-12-13-6-9(8)10-7(1)3-4-11-10;1-2-9-10(13-6-5-12-9)7-3-4-11-8(1)7;1-2-8-10(13-6-5-11-8)9-7(1)3-4-12-9/h1-3,6,11H,4-5H2;2*1-2,4,6,11H,3,5H2;1-2,5-6,12H,3-4H2;1-2,5-6,11H,3-4H2;2*1-2,5-6,12H,3-4H2;2*1-2,5-6,11H,3-4H2;1-2,5-6,12H,3-4H2. The van der Waals surface area contributed by atoms with Crippen LogP contribution in [0, 0.1) is 0 Å². The van der Waals surface area contributed by atoms with E-state index >= 15 is 0 Å². The number of rotatable bonds is 0. The monoisotopic (exact) mass is 1710 g/mol. The number of hydrogen-bond acceptors (Lipinski definition) is 30. The Labute approximate surface area is 746 Å². The van der Waals surface area contributed by atoms with Crippen LogP contribution in [0.4, 0.5) is 56.9 Å². The first-order chi connectivity index (χ1) is 64.5. The molecule has 30 rings (SSSR count). The molecule has 640 valence electrons. The maximum absolute atomic E-state index is 4.35. The Balaban J connectivity index is 0.0000000874. The van der Waals surface area contributed by atoms with Crippen LogP contribution >= 0.6 is 0 Å². The zero-order chi connectivity index (χ0) is 86.7. The van der Waals surface area contributed by atoms with Crippen LogP contribution in [0.2, 0.25) is 0 Å². The lowest BCUT2D eigenvalue weighted by Gasteiger charge is -2.03. The van der Waals surface area contributed by atoms with E-state index in [2.05, 4.69) is 245 Å². The molecule has 10 aliphatic rings. The van der Waals surface area contributed by atoms with Gasteiger partial charge in [-0.15, -0.1) is 0 Å². The molecule has 0 saturated carbocycles. The minimum Gasteiger partial charge on any atom is -0.384 e. The Morgan fingerprint density at radius 2 is 0.562 bits per heavy atom. The molecule has 0 radical (unpaired) electrons. The van der Waals surface area contributed by atoms with Crippen LogP contribution in [0.3, 0.4) is 0 Å². The molecule has 0 unspecified atom stereocenters. The van der Waals surface area contributed by atoms with E-state index in [0.29, 0.717) is 0 Å². The largest absolute Gasteiger partial charge is 0.384 e. The van der Waals surface area contributed by atoms with Crippen molar-refractivity contribution in [3.05, 3.63) is 301 Å². The molecule has 20 heterocycles. The summed E-state index contributed by atoms with van der Waals surface area (Å²) in [6, 6.07) is 47.8. The molecule has 0 spiro atoms. The highest BCUT2D eigenvalue weighted by Crippen LogP contribution is 2.38. The smallest absolute Gasteiger partial charge is 0.116 e. The minimum atomic E-state index is 0.968. The third-order valence-corrected chi connectivity index (χ3v) is 24.8. The van der Waals surface area contributed by atoms with E-state index in [1.165, 1.54) is 150 Å². The predicted molar refractivity (Wildman–Crippen MR) is 517 cm³/mol. The summed E-state index contributed by atoms with van der Waals surface area (Å²) in [6.07, 6.45) is 40.8. The predicted octanol–water partition coefficient (Wildman–Crippen LogP) is 16.0. The second kappa shape index (κ2) is 37.4. The molecule has 0 aliphatic carbocycles. The molecule has 10 N–H and O–H groups in total. The first-order valence-corrected chi connectivity index (χ1v) is 44.1. The van der Waals surface area contributed by atoms with Gasteiger partial charge in [-0.2, -0.15) is 51.0 Å². The second-order valence-corrected chi connectivity index (χ2v) is 32.3. The van der Waals surface area contributed by atoms with Crippen LogP contribution in [0.1, 0.15) is 55.6 Å². The zero-order valence-corrected chi connectivity index (χ0v) is 71.2. The Morgan fingerprint density at radius 3 is 1.21 bits per heavy atom. The van der Waals surface area contributed by atoms with Crippen LogP contribution in [-0.4, -0.2) is 166 Å². The lowest BCUT2D eigenvalue weighted by atomic mass is 10.1. The summed E-state index contributed by atoms with van der Waals surface area (Å²) >= 11 is 0. The van der Waals surface area contributed by atoms with Crippen molar-refractivity contribution < 1.29 is 0 Å². The van der Waals surface area contributed by atoms with E-state index in [0.717, 1.165) is 201 Å². The Hall–Kier alpha value is -16.4. The van der Waals surface area contributed by atoms with Gasteiger partial charge in [0.05, 0.1) is 98.7 Å². The molecule has 0 bridgehead atoms. The molecular weight excluding hydrogens is 1620 g/mol. The summed E-state index contributed by atoms with van der Waals surface area (Å²) in [5, 5.41) is 84.8. The summed E-state index contributed by atoms with van der Waals surface area (Å²) in [4.78, 5) is 42.0. The number of hydrogen-bond donors (Lipinski definition) is 10. The highest BCUT2D eigenvalue weighted by Gasteiger charge is 2.22. The minimum absolute atomic E-state index is 0.968. The SMILES string of the molecule is c1cc2c3c(ccc2nn1)CCN3.c1cc2c3c(ccc2nn1)NCC3.c1cc2ccc3c(c2nn1)CCN3.c1cc2cnncc2c2c1CCN2.c1cc2cnncc2c2c1NCC2.c1cnc2c3c(ccc2n1)CCN3.c1cnc2c3c(ccc2n1)NCC3.c1ncc2c3c(ccc2n1)CCN3.c1ncc2c3c(ccc2n1)NCC3.c1ncc2ccc3c(c2n1)CCN3. The van der Waals surface area contributed by atoms with Crippen molar-refractivity contribution in [2.75, 3.05) is 119 Å². The van der Waals surface area contributed by atoms with Gasteiger partial charge in [-0.1, -0.05) is 42.5 Å². The number of anilines is 10. The summed E-state index contributed by atoms with van der Waals surface area (Å²) in [5.41, 5.74) is 36.0. The number of nitrogens with one attached hydrogen (secondary N) is 10. The van der Waals surface area contributed by atoms with E-state index in [4.69, 9.17) is 0 Å². The zero-order valence-electron chi connectivity index (χ0n) is 71.2. The topological polar surface area (TPSA) is 378 Å². The number of nitrogens with zero attached hydrogens (tertiary/aromatic N) is 20. The Kier molecular flexibility index (Phi) is 23.2. The third kappa shape index (κ3) is 17.0. The first kappa shape index (κ1) is 80.7. The van der Waals surface area contributed by atoms with Crippen LogP contribution in [0.15, 0.2) is 245 Å². The molecule has 0 atom stereocenters. The summed E-state index contributed by atoms with van der Waals surface area (Å²) in [6.45, 7) is 10.3. The second-order valence-electron chi connectivity index (χ2n) is 32.3. The fourth-order valence-corrected chi connectivity index (χ4v) is 18.5.